The third-order valence-corrected chi connectivity index (χ3v) is 10.9. The average molecular weight is 340 g/mol. The van der Waals surface area contributed by atoms with E-state index in [-0.39, 0.29) is 22.2 Å². The summed E-state index contributed by atoms with van der Waals surface area (Å²) in [4.78, 5) is 0. The predicted molar refractivity (Wildman–Crippen MR) is 101 cm³/mol. The molecule has 2 aliphatic rings. The Morgan fingerprint density at radius 2 is 1.09 bits per heavy atom. The Hall–Kier alpha value is -0.393. The van der Waals surface area contributed by atoms with Crippen molar-refractivity contribution < 1.29 is 4.24 Å². The van der Waals surface area contributed by atoms with Crippen molar-refractivity contribution in [3.05, 3.63) is 0 Å². The van der Waals surface area contributed by atoms with Crippen LogP contribution in [0, 0.1) is 0 Å². The van der Waals surface area contributed by atoms with Crippen LogP contribution in [0.1, 0.15) is 83.1 Å². The van der Waals surface area contributed by atoms with Gasteiger partial charge in [0.05, 0.1) is 17.7 Å². The van der Waals surface area contributed by atoms with E-state index in [1.165, 1.54) is 0 Å². The third kappa shape index (κ3) is 2.69. The maximum Gasteiger partial charge on any atom is 0.664 e. The van der Waals surface area contributed by atoms with Crippen LogP contribution in [-0.2, 0) is 0 Å². The molecular formula is C18H39N4Si+. The van der Waals surface area contributed by atoms with Gasteiger partial charge in [0, 0.05) is 11.1 Å². The van der Waals surface area contributed by atoms with E-state index in [9.17, 15) is 0 Å². The normalized spacial score (nSPS) is 23.7. The molecule has 0 amide bonds. The summed E-state index contributed by atoms with van der Waals surface area (Å²) in [6, 6.07) is 0. The number of rotatable bonds is 0. The number of hydrogen-bond acceptors (Lipinski definition) is 3. The van der Waals surface area contributed by atoms with E-state index in [0.717, 1.165) is 6.67 Å². The van der Waals surface area contributed by atoms with E-state index in [1.807, 2.05) is 0 Å². The quantitative estimate of drug-likeness (QED) is 0.626. The lowest BCUT2D eigenvalue weighted by Crippen LogP contribution is -3.01. The van der Waals surface area contributed by atoms with Crippen molar-refractivity contribution in [3.8, 4) is 0 Å². The van der Waals surface area contributed by atoms with Crippen LogP contribution >= 0.6 is 0 Å². The zero-order valence-electron chi connectivity index (χ0n) is 17.6. The fourth-order valence-corrected chi connectivity index (χ4v) is 9.79. The van der Waals surface area contributed by atoms with Gasteiger partial charge in [-0.1, -0.05) is 0 Å². The topological polar surface area (TPSA) is 12.7 Å². The highest BCUT2D eigenvalue weighted by atomic mass is 28.4. The summed E-state index contributed by atoms with van der Waals surface area (Å²) in [5.74, 6) is 0. The molecule has 4 nitrogen and oxygen atoms in total. The molecule has 2 rings (SSSR count). The van der Waals surface area contributed by atoms with E-state index < -0.39 is 8.72 Å². The van der Waals surface area contributed by atoms with Gasteiger partial charge in [0.1, 0.15) is 0 Å². The van der Waals surface area contributed by atoms with Crippen molar-refractivity contribution in [3.63, 3.8) is 0 Å². The summed E-state index contributed by atoms with van der Waals surface area (Å²) in [5.41, 5.74) is 0.632. The summed E-state index contributed by atoms with van der Waals surface area (Å²) >= 11 is 0. The molecule has 2 aliphatic heterocycles. The van der Waals surface area contributed by atoms with Crippen molar-refractivity contribution in [2.24, 2.45) is 0 Å². The molecule has 0 atom stereocenters. The second-order valence-corrected chi connectivity index (χ2v) is 14.4. The molecular weight excluding hydrogens is 300 g/mol. The Labute approximate surface area is 145 Å². The second-order valence-electron chi connectivity index (χ2n) is 11.1. The molecule has 134 valence electrons. The van der Waals surface area contributed by atoms with Gasteiger partial charge < -0.3 is 0 Å². The van der Waals surface area contributed by atoms with Crippen LogP contribution in [0.15, 0.2) is 0 Å². The van der Waals surface area contributed by atoms with Gasteiger partial charge in [0.25, 0.3) is 0 Å². The Morgan fingerprint density at radius 1 is 0.696 bits per heavy atom. The standard InChI is InChI=1S/C18H39N4Si/c1-15(2,3)19-13-20(16(4,5)6)23(19)21(17(7,8)9)14-22(23)18(10,11)12/h13H,14H2,1-12H3/q+1. The van der Waals surface area contributed by atoms with Gasteiger partial charge >= 0.3 is 8.72 Å². The van der Waals surface area contributed by atoms with E-state index in [4.69, 9.17) is 0 Å². The fraction of sp³-hybridized carbons (Fsp3) is 0.944. The molecule has 0 bridgehead atoms. The smallest absolute Gasteiger partial charge is 0.251 e. The molecule has 0 aromatic rings. The minimum absolute atomic E-state index is 0.140. The lowest BCUT2D eigenvalue weighted by Gasteiger charge is -2.68. The summed E-state index contributed by atoms with van der Waals surface area (Å²) in [5, 5.41) is 0. The van der Waals surface area contributed by atoms with Gasteiger partial charge in [-0.15, -0.1) is 0 Å². The van der Waals surface area contributed by atoms with Crippen LogP contribution in [0.5, 0.6) is 0 Å². The Kier molecular flexibility index (Phi) is 3.97. The lowest BCUT2D eigenvalue weighted by atomic mass is 10.1. The molecule has 1 spiro atoms. The molecule has 0 aliphatic carbocycles. The predicted octanol–water partition coefficient (Wildman–Crippen LogP) is 3.55. The molecule has 1 fully saturated rings. The minimum Gasteiger partial charge on any atom is -0.251 e. The number of hydrogen-bond donors (Lipinski definition) is 0. The molecule has 1 saturated heterocycles. The third-order valence-electron chi connectivity index (χ3n) is 4.95. The van der Waals surface area contributed by atoms with Crippen molar-refractivity contribution >= 4 is 15.1 Å². The monoisotopic (exact) mass is 339 g/mol. The van der Waals surface area contributed by atoms with Crippen molar-refractivity contribution in [1.82, 2.24) is 13.7 Å². The first kappa shape index (κ1) is 18.9. The first-order valence-electron chi connectivity index (χ1n) is 8.94. The van der Waals surface area contributed by atoms with Gasteiger partial charge in [-0.25, -0.2) is 9.13 Å². The van der Waals surface area contributed by atoms with E-state index in [2.05, 4.69) is 107 Å². The van der Waals surface area contributed by atoms with Gasteiger partial charge in [-0.05, 0) is 83.1 Å². The summed E-state index contributed by atoms with van der Waals surface area (Å²) in [6.45, 7) is 29.3. The van der Waals surface area contributed by atoms with Crippen LogP contribution < -0.4 is 0 Å². The maximum absolute atomic E-state index is 2.78. The average Bonchev–Trinajstić information content (AvgIpc) is 2.01. The first-order valence-corrected chi connectivity index (χ1v) is 10.7. The highest BCUT2D eigenvalue weighted by Crippen LogP contribution is 2.48. The van der Waals surface area contributed by atoms with Gasteiger partial charge in [0.15, 0.2) is 0 Å². The zero-order chi connectivity index (χ0) is 18.2. The second kappa shape index (κ2) is 4.83. The van der Waals surface area contributed by atoms with Gasteiger partial charge in [0.2, 0.25) is 6.34 Å². The molecule has 0 aromatic heterocycles. The van der Waals surface area contributed by atoms with E-state index >= 15 is 0 Å². The summed E-state index contributed by atoms with van der Waals surface area (Å²) < 4.78 is 10.9. The minimum atomic E-state index is -2.07. The SMILES string of the molecule is CC(C)(C)N1C=[N+](C(C)(C)C)[Si]12N(C(C)(C)C)CN2C(C)(C)C. The summed E-state index contributed by atoms with van der Waals surface area (Å²) in [6.07, 6.45) is 2.39. The van der Waals surface area contributed by atoms with Crippen LogP contribution in [0.25, 0.3) is 0 Å². The first-order chi connectivity index (χ1) is 9.94. The fourth-order valence-electron chi connectivity index (χ4n) is 3.82. The Morgan fingerprint density at radius 3 is 1.35 bits per heavy atom. The highest BCUT2D eigenvalue weighted by Gasteiger charge is 2.84. The van der Waals surface area contributed by atoms with Crippen molar-refractivity contribution in [2.45, 2.75) is 105 Å². The lowest BCUT2D eigenvalue weighted by molar-refractivity contribution is -0.544. The van der Waals surface area contributed by atoms with Crippen molar-refractivity contribution in [1.29, 1.82) is 0 Å². The van der Waals surface area contributed by atoms with E-state index in [0.29, 0.717) is 0 Å². The van der Waals surface area contributed by atoms with Crippen molar-refractivity contribution in [2.75, 3.05) is 6.67 Å². The molecule has 0 radical (unpaired) electrons. The van der Waals surface area contributed by atoms with E-state index in [1.54, 1.807) is 0 Å². The highest BCUT2D eigenvalue weighted by molar-refractivity contribution is 6.71. The molecule has 0 N–H and O–H groups in total. The molecule has 5 heteroatoms. The zero-order valence-corrected chi connectivity index (χ0v) is 18.6. The Balaban J connectivity index is 2.64. The van der Waals surface area contributed by atoms with Crippen LogP contribution in [0.3, 0.4) is 0 Å². The largest absolute Gasteiger partial charge is 0.664 e. The summed E-state index contributed by atoms with van der Waals surface area (Å²) in [7, 11) is -2.07. The molecule has 0 saturated carbocycles. The maximum atomic E-state index is 2.78. The van der Waals surface area contributed by atoms with Gasteiger partial charge in [-0.2, -0.15) is 0 Å². The Bertz CT molecular complexity index is 491. The molecule has 23 heavy (non-hydrogen) atoms. The van der Waals surface area contributed by atoms with Gasteiger partial charge in [-0.3, -0.25) is 8.81 Å². The van der Waals surface area contributed by atoms with Crippen LogP contribution in [0.2, 0.25) is 0 Å². The number of nitrogens with zero attached hydrogens (tertiary/aromatic N) is 4. The van der Waals surface area contributed by atoms with Crippen LogP contribution in [0.4, 0.5) is 0 Å². The molecule has 0 unspecified atom stereocenters. The molecule has 0 aromatic carbocycles. The van der Waals surface area contributed by atoms with Crippen LogP contribution in [-0.4, -0.2) is 61.8 Å². The molecule has 2 heterocycles.